The molecule has 0 saturated carbocycles. The summed E-state index contributed by atoms with van der Waals surface area (Å²) in [6, 6.07) is 0. The lowest BCUT2D eigenvalue weighted by Crippen LogP contribution is -2.16. The van der Waals surface area contributed by atoms with Crippen LogP contribution in [-0.2, 0) is 25.1 Å². The first-order valence-electron chi connectivity index (χ1n) is 4.19. The van der Waals surface area contributed by atoms with Gasteiger partial charge in [0.2, 0.25) is 0 Å². The zero-order valence-corrected chi connectivity index (χ0v) is 9.43. The maximum atomic E-state index is 5.59. The fraction of sp³-hybridized carbons (Fsp3) is 1.00. The van der Waals surface area contributed by atoms with E-state index >= 15 is 0 Å². The molecule has 0 aromatic heterocycles. The minimum absolute atomic E-state index is 0.261. The summed E-state index contributed by atoms with van der Waals surface area (Å²) in [6.07, 6.45) is 2.49. The van der Waals surface area contributed by atoms with Gasteiger partial charge in [0, 0.05) is 15.0 Å². The Balaban J connectivity index is 3.68. The van der Waals surface area contributed by atoms with Crippen molar-refractivity contribution in [3.63, 3.8) is 0 Å². The quantitative estimate of drug-likeness (QED) is 0.665. The smallest absolute Gasteiger partial charge is 0.0694 e. The molecular formula is C8H18OS2. The Labute approximate surface area is 77.3 Å². The van der Waals surface area contributed by atoms with Gasteiger partial charge in [0.15, 0.2) is 0 Å². The predicted octanol–water partition coefficient (Wildman–Crippen LogP) is 2.60. The second-order valence-corrected chi connectivity index (χ2v) is 5.30. The highest BCUT2D eigenvalue weighted by atomic mass is 32.8. The van der Waals surface area contributed by atoms with Crippen LogP contribution < -0.4 is 0 Å². The minimum atomic E-state index is -0.261. The molecule has 3 atom stereocenters. The van der Waals surface area contributed by atoms with Gasteiger partial charge in [0.25, 0.3) is 0 Å². The highest BCUT2D eigenvalue weighted by Gasteiger charge is 2.08. The fourth-order valence-corrected chi connectivity index (χ4v) is 2.19. The highest BCUT2D eigenvalue weighted by Crippen LogP contribution is 2.07. The average Bonchev–Trinajstić information content (AvgIpc) is 2.02. The van der Waals surface area contributed by atoms with Gasteiger partial charge in [-0.15, -0.1) is 0 Å². The van der Waals surface area contributed by atoms with Crippen LogP contribution in [0.2, 0.25) is 0 Å². The van der Waals surface area contributed by atoms with Crippen LogP contribution in [0.3, 0.4) is 0 Å². The molecule has 3 unspecified atom stereocenters. The van der Waals surface area contributed by atoms with Crippen molar-refractivity contribution in [2.75, 3.05) is 0 Å². The molecule has 0 radical (unpaired) electrons. The number of rotatable bonds is 5. The summed E-state index contributed by atoms with van der Waals surface area (Å²) in [7, 11) is -0.261. The molecule has 0 spiro atoms. The first-order chi connectivity index (χ1) is 5.11. The molecule has 0 aromatic carbocycles. The van der Waals surface area contributed by atoms with Crippen LogP contribution in [0.25, 0.3) is 0 Å². The molecular weight excluding hydrogens is 176 g/mol. The van der Waals surface area contributed by atoms with Crippen molar-refractivity contribution < 1.29 is 4.18 Å². The maximum absolute atomic E-state index is 5.59. The van der Waals surface area contributed by atoms with Gasteiger partial charge in [-0.1, -0.05) is 20.8 Å². The molecule has 0 rings (SSSR count). The molecule has 0 amide bonds. The van der Waals surface area contributed by atoms with E-state index in [1.807, 2.05) is 0 Å². The third-order valence-electron chi connectivity index (χ3n) is 1.74. The van der Waals surface area contributed by atoms with Crippen molar-refractivity contribution in [3.05, 3.63) is 0 Å². The molecule has 0 N–H and O–H groups in total. The summed E-state index contributed by atoms with van der Waals surface area (Å²) >= 11 is 5.21. The van der Waals surface area contributed by atoms with Crippen molar-refractivity contribution in [2.45, 2.75) is 51.9 Å². The van der Waals surface area contributed by atoms with Crippen LogP contribution in [0, 0.1) is 0 Å². The van der Waals surface area contributed by atoms with Gasteiger partial charge in [-0.2, -0.15) is 0 Å². The molecule has 3 heteroatoms. The van der Waals surface area contributed by atoms with Crippen molar-refractivity contribution in [2.24, 2.45) is 0 Å². The normalized spacial score (nSPS) is 19.3. The Hall–Kier alpha value is 0.530. The van der Waals surface area contributed by atoms with Gasteiger partial charge in [-0.3, -0.25) is 0 Å². The molecule has 0 aliphatic carbocycles. The summed E-state index contributed by atoms with van der Waals surface area (Å²) < 4.78 is 5.59. The third kappa shape index (κ3) is 4.88. The van der Waals surface area contributed by atoms with Gasteiger partial charge in [-0.25, -0.2) is 0 Å². The lowest BCUT2D eigenvalue weighted by atomic mass is 10.3. The van der Waals surface area contributed by atoms with Gasteiger partial charge in [0.05, 0.1) is 6.10 Å². The van der Waals surface area contributed by atoms with Crippen molar-refractivity contribution >= 4 is 20.9 Å². The van der Waals surface area contributed by atoms with Crippen LogP contribution in [0.5, 0.6) is 0 Å². The molecule has 0 aliphatic heterocycles. The van der Waals surface area contributed by atoms with Crippen molar-refractivity contribution in [3.8, 4) is 0 Å². The standard InChI is InChI=1S/C8H18OS2/c1-5-7(3)9-11(10)8(4)6-2/h7-8H,5-6H2,1-4H3. The topological polar surface area (TPSA) is 9.23 Å². The van der Waals surface area contributed by atoms with Gasteiger partial charge in [0.1, 0.15) is 0 Å². The summed E-state index contributed by atoms with van der Waals surface area (Å²) in [5.41, 5.74) is 0. The first kappa shape index (κ1) is 11.5. The van der Waals surface area contributed by atoms with Crippen LogP contribution in [0.4, 0.5) is 0 Å². The monoisotopic (exact) mass is 194 g/mol. The molecule has 0 bridgehead atoms. The zero-order chi connectivity index (χ0) is 8.85. The molecule has 0 aromatic rings. The Kier molecular flexibility index (Phi) is 6.38. The van der Waals surface area contributed by atoms with Crippen LogP contribution in [0.15, 0.2) is 0 Å². The molecule has 0 heterocycles. The fourth-order valence-electron chi connectivity index (χ4n) is 0.461. The third-order valence-corrected chi connectivity index (χ3v) is 4.47. The van der Waals surface area contributed by atoms with E-state index < -0.39 is 0 Å². The first-order valence-corrected chi connectivity index (χ1v) is 6.33. The lowest BCUT2D eigenvalue weighted by Gasteiger charge is -2.16. The lowest BCUT2D eigenvalue weighted by molar-refractivity contribution is 0.253. The molecule has 0 aliphatic rings. The molecule has 1 nitrogen and oxygen atoms in total. The Morgan fingerprint density at radius 2 is 1.82 bits per heavy atom. The molecule has 0 saturated heterocycles. The van der Waals surface area contributed by atoms with Gasteiger partial charge >= 0.3 is 0 Å². The second-order valence-electron chi connectivity index (χ2n) is 2.79. The average molecular weight is 194 g/mol. The molecule has 68 valence electrons. The summed E-state index contributed by atoms with van der Waals surface area (Å²) in [6.45, 7) is 8.50. The zero-order valence-electron chi connectivity index (χ0n) is 7.79. The van der Waals surface area contributed by atoms with Crippen LogP contribution >= 0.6 is 0 Å². The van der Waals surface area contributed by atoms with E-state index in [0.717, 1.165) is 12.8 Å². The minimum Gasteiger partial charge on any atom is -0.309 e. The summed E-state index contributed by atoms with van der Waals surface area (Å²) in [4.78, 5) is 0. The van der Waals surface area contributed by atoms with Crippen molar-refractivity contribution in [1.29, 1.82) is 0 Å². The SMILES string of the molecule is CCC(C)OS(=S)C(C)CC. The predicted molar refractivity (Wildman–Crippen MR) is 55.3 cm³/mol. The largest absolute Gasteiger partial charge is 0.309 e. The van der Waals surface area contributed by atoms with Crippen molar-refractivity contribution in [1.82, 2.24) is 0 Å². The van der Waals surface area contributed by atoms with Crippen LogP contribution in [-0.4, -0.2) is 11.4 Å². The van der Waals surface area contributed by atoms with E-state index in [9.17, 15) is 0 Å². The molecule has 11 heavy (non-hydrogen) atoms. The summed E-state index contributed by atoms with van der Waals surface area (Å²) in [5.74, 6) is 0. The molecule has 0 fully saturated rings. The number of hydrogen-bond acceptors (Lipinski definition) is 2. The van der Waals surface area contributed by atoms with E-state index in [0.29, 0.717) is 11.4 Å². The number of hydrogen-bond donors (Lipinski definition) is 0. The van der Waals surface area contributed by atoms with E-state index in [1.165, 1.54) is 0 Å². The summed E-state index contributed by atoms with van der Waals surface area (Å²) in [5, 5.41) is 0.527. The Bertz CT molecular complexity index is 125. The highest BCUT2D eigenvalue weighted by molar-refractivity contribution is 8.26. The Morgan fingerprint density at radius 3 is 2.18 bits per heavy atom. The van der Waals surface area contributed by atoms with E-state index in [4.69, 9.17) is 15.4 Å². The van der Waals surface area contributed by atoms with E-state index in [-0.39, 0.29) is 9.74 Å². The second kappa shape index (κ2) is 6.09. The van der Waals surface area contributed by atoms with E-state index in [1.54, 1.807) is 0 Å². The Morgan fingerprint density at radius 1 is 1.27 bits per heavy atom. The van der Waals surface area contributed by atoms with E-state index in [2.05, 4.69) is 27.7 Å². The maximum Gasteiger partial charge on any atom is 0.0694 e. The van der Waals surface area contributed by atoms with Gasteiger partial charge < -0.3 is 4.18 Å². The van der Waals surface area contributed by atoms with Gasteiger partial charge in [-0.05, 0) is 31.0 Å². The van der Waals surface area contributed by atoms with Crippen LogP contribution in [0.1, 0.15) is 40.5 Å².